The molecule has 1 aliphatic rings. The van der Waals surface area contributed by atoms with Gasteiger partial charge in [0.1, 0.15) is 11.5 Å². The SMILES string of the molecule is COc1cc2nccc(Oc3ccc(N(CC4CCCC4)C(=O)O)c(C)c3C)c2cc1OC. The first-order valence-electron chi connectivity index (χ1n) is 11.2. The fourth-order valence-corrected chi connectivity index (χ4v) is 4.57. The minimum atomic E-state index is -0.917. The van der Waals surface area contributed by atoms with Crippen molar-refractivity contribution in [1.29, 1.82) is 0 Å². The minimum Gasteiger partial charge on any atom is -0.493 e. The first kappa shape index (κ1) is 22.7. The van der Waals surface area contributed by atoms with Gasteiger partial charge in [0, 0.05) is 24.2 Å². The summed E-state index contributed by atoms with van der Waals surface area (Å²) in [6.45, 7) is 4.43. The summed E-state index contributed by atoms with van der Waals surface area (Å²) < 4.78 is 17.1. The van der Waals surface area contributed by atoms with Crippen molar-refractivity contribution in [3.8, 4) is 23.0 Å². The number of hydrogen-bond acceptors (Lipinski definition) is 5. The van der Waals surface area contributed by atoms with Crippen LogP contribution < -0.4 is 19.1 Å². The van der Waals surface area contributed by atoms with Gasteiger partial charge in [-0.05, 0) is 68.0 Å². The Morgan fingerprint density at radius 1 is 1.00 bits per heavy atom. The molecule has 7 nitrogen and oxygen atoms in total. The highest BCUT2D eigenvalue weighted by atomic mass is 16.5. The van der Waals surface area contributed by atoms with Crippen LogP contribution in [0.15, 0.2) is 36.5 Å². The van der Waals surface area contributed by atoms with Crippen molar-refractivity contribution in [2.45, 2.75) is 39.5 Å². The number of pyridine rings is 1. The van der Waals surface area contributed by atoms with Gasteiger partial charge in [-0.3, -0.25) is 9.88 Å². The van der Waals surface area contributed by atoms with Gasteiger partial charge in [0.25, 0.3) is 0 Å². The summed E-state index contributed by atoms with van der Waals surface area (Å²) in [7, 11) is 3.18. The summed E-state index contributed by atoms with van der Waals surface area (Å²) in [6.07, 6.45) is 5.31. The third kappa shape index (κ3) is 4.53. The van der Waals surface area contributed by atoms with Crippen LogP contribution >= 0.6 is 0 Å². The normalized spacial score (nSPS) is 13.8. The second-order valence-electron chi connectivity index (χ2n) is 8.51. The van der Waals surface area contributed by atoms with Crippen molar-refractivity contribution < 1.29 is 24.1 Å². The molecule has 1 heterocycles. The molecule has 33 heavy (non-hydrogen) atoms. The fraction of sp³-hybridized carbons (Fsp3) is 0.385. The molecule has 1 aromatic heterocycles. The molecule has 0 saturated heterocycles. The molecule has 2 aromatic carbocycles. The zero-order chi connectivity index (χ0) is 23.5. The number of methoxy groups -OCH3 is 2. The van der Waals surface area contributed by atoms with Gasteiger partial charge in [-0.15, -0.1) is 0 Å². The van der Waals surface area contributed by atoms with Gasteiger partial charge >= 0.3 is 6.09 Å². The van der Waals surface area contributed by atoms with Crippen molar-refractivity contribution in [2.75, 3.05) is 25.7 Å². The number of hydrogen-bond donors (Lipinski definition) is 1. The Morgan fingerprint density at radius 3 is 2.36 bits per heavy atom. The lowest BCUT2D eigenvalue weighted by atomic mass is 10.0. The predicted molar refractivity (Wildman–Crippen MR) is 128 cm³/mol. The van der Waals surface area contributed by atoms with E-state index in [4.69, 9.17) is 14.2 Å². The highest BCUT2D eigenvalue weighted by Crippen LogP contribution is 2.39. The second kappa shape index (κ2) is 9.57. The van der Waals surface area contributed by atoms with E-state index < -0.39 is 6.09 Å². The number of carbonyl (C=O) groups is 1. The van der Waals surface area contributed by atoms with Crippen molar-refractivity contribution in [3.05, 3.63) is 47.7 Å². The highest BCUT2D eigenvalue weighted by molar-refractivity contribution is 5.89. The number of anilines is 1. The smallest absolute Gasteiger partial charge is 0.411 e. The Kier molecular flexibility index (Phi) is 6.58. The van der Waals surface area contributed by atoms with E-state index in [9.17, 15) is 9.90 Å². The first-order valence-corrected chi connectivity index (χ1v) is 11.2. The monoisotopic (exact) mass is 450 g/mol. The minimum absolute atomic E-state index is 0.423. The van der Waals surface area contributed by atoms with Crippen molar-refractivity contribution >= 4 is 22.7 Å². The number of nitrogens with zero attached hydrogens (tertiary/aromatic N) is 2. The standard InChI is InChI=1S/C26H30N2O5/c1-16-17(2)22(10-9-21(16)28(26(29)30)15-18-7-5-6-8-18)33-23-11-12-27-20-14-25(32-4)24(31-3)13-19(20)23/h9-14,18H,5-8,15H2,1-4H3,(H,29,30). The molecule has 0 aliphatic heterocycles. The lowest BCUT2D eigenvalue weighted by Gasteiger charge is -2.26. The number of amides is 1. The molecule has 0 bridgehead atoms. The number of aromatic nitrogens is 1. The average molecular weight is 451 g/mol. The van der Waals surface area contributed by atoms with Gasteiger partial charge in [-0.25, -0.2) is 4.79 Å². The van der Waals surface area contributed by atoms with E-state index in [0.717, 1.165) is 34.9 Å². The maximum Gasteiger partial charge on any atom is 0.411 e. The van der Waals surface area contributed by atoms with E-state index in [-0.39, 0.29) is 0 Å². The van der Waals surface area contributed by atoms with Crippen LogP contribution in [-0.2, 0) is 0 Å². The van der Waals surface area contributed by atoms with Crippen LogP contribution in [0.3, 0.4) is 0 Å². The molecule has 0 unspecified atom stereocenters. The molecule has 3 aromatic rings. The number of rotatable bonds is 7. The fourth-order valence-electron chi connectivity index (χ4n) is 4.57. The van der Waals surface area contributed by atoms with E-state index in [1.165, 1.54) is 17.7 Å². The van der Waals surface area contributed by atoms with E-state index >= 15 is 0 Å². The predicted octanol–water partition coefficient (Wildman–Crippen LogP) is 6.34. The van der Waals surface area contributed by atoms with Crippen LogP contribution in [0.4, 0.5) is 10.5 Å². The van der Waals surface area contributed by atoms with E-state index in [0.29, 0.717) is 41.1 Å². The van der Waals surface area contributed by atoms with Gasteiger partial charge in [0.05, 0.1) is 25.4 Å². The third-order valence-corrected chi connectivity index (χ3v) is 6.57. The van der Waals surface area contributed by atoms with Crippen molar-refractivity contribution in [3.63, 3.8) is 0 Å². The van der Waals surface area contributed by atoms with E-state index in [1.54, 1.807) is 26.5 Å². The Bertz CT molecular complexity index is 1170. The molecule has 0 radical (unpaired) electrons. The van der Waals surface area contributed by atoms with Crippen LogP contribution in [0.1, 0.15) is 36.8 Å². The highest BCUT2D eigenvalue weighted by Gasteiger charge is 2.25. The number of fused-ring (bicyclic) bond motifs is 1. The van der Waals surface area contributed by atoms with E-state index in [1.807, 2.05) is 38.1 Å². The second-order valence-corrected chi connectivity index (χ2v) is 8.51. The summed E-state index contributed by atoms with van der Waals surface area (Å²) in [5.41, 5.74) is 3.23. The first-order chi connectivity index (χ1) is 15.9. The molecule has 0 atom stereocenters. The van der Waals surface area contributed by atoms with Gasteiger partial charge < -0.3 is 19.3 Å². The van der Waals surface area contributed by atoms with Crippen LogP contribution in [0.5, 0.6) is 23.0 Å². The molecule has 1 amide bonds. The number of carboxylic acid groups (broad SMARTS) is 1. The van der Waals surface area contributed by atoms with Crippen LogP contribution in [0.2, 0.25) is 0 Å². The maximum absolute atomic E-state index is 12.1. The van der Waals surface area contributed by atoms with Gasteiger partial charge in [-0.1, -0.05) is 12.8 Å². The summed E-state index contributed by atoms with van der Waals surface area (Å²) in [6, 6.07) is 9.15. The topological polar surface area (TPSA) is 81.1 Å². The largest absolute Gasteiger partial charge is 0.493 e. The number of benzene rings is 2. The number of ether oxygens (including phenoxy) is 3. The van der Waals surface area contributed by atoms with Gasteiger partial charge in [-0.2, -0.15) is 0 Å². The lowest BCUT2D eigenvalue weighted by molar-refractivity contribution is 0.200. The van der Waals surface area contributed by atoms with E-state index in [2.05, 4.69) is 4.98 Å². The Labute approximate surface area is 193 Å². The van der Waals surface area contributed by atoms with Crippen molar-refractivity contribution in [2.24, 2.45) is 5.92 Å². The van der Waals surface area contributed by atoms with Crippen molar-refractivity contribution in [1.82, 2.24) is 4.98 Å². The molecule has 1 N–H and O–H groups in total. The van der Waals surface area contributed by atoms with Gasteiger partial charge in [0.15, 0.2) is 11.5 Å². The van der Waals surface area contributed by atoms with Gasteiger partial charge in [0.2, 0.25) is 0 Å². The lowest BCUT2D eigenvalue weighted by Crippen LogP contribution is -2.34. The molecular formula is C26H30N2O5. The maximum atomic E-state index is 12.1. The zero-order valence-electron chi connectivity index (χ0n) is 19.6. The summed E-state index contributed by atoms with van der Waals surface area (Å²) in [5.74, 6) is 2.92. The Hall–Kier alpha value is -3.48. The Morgan fingerprint density at radius 2 is 1.70 bits per heavy atom. The molecule has 174 valence electrons. The summed E-state index contributed by atoms with van der Waals surface area (Å²) in [5, 5.41) is 10.7. The quantitative estimate of drug-likeness (QED) is 0.453. The summed E-state index contributed by atoms with van der Waals surface area (Å²) in [4.78, 5) is 18.0. The summed E-state index contributed by atoms with van der Waals surface area (Å²) >= 11 is 0. The zero-order valence-corrected chi connectivity index (χ0v) is 19.6. The molecule has 1 aliphatic carbocycles. The van der Waals surface area contributed by atoms with Crippen LogP contribution in [-0.4, -0.2) is 36.9 Å². The van der Waals surface area contributed by atoms with Crippen LogP contribution in [0, 0.1) is 19.8 Å². The average Bonchev–Trinajstić information content (AvgIpc) is 3.33. The molecule has 1 fully saturated rings. The Balaban J connectivity index is 1.67. The molecule has 1 saturated carbocycles. The molecule has 4 rings (SSSR count). The molecule has 0 spiro atoms. The molecular weight excluding hydrogens is 420 g/mol. The van der Waals surface area contributed by atoms with Crippen LogP contribution in [0.25, 0.3) is 10.9 Å². The molecule has 7 heteroatoms. The third-order valence-electron chi connectivity index (χ3n) is 6.57.